The van der Waals surface area contributed by atoms with Gasteiger partial charge in [-0.15, -0.1) is 0 Å². The van der Waals surface area contributed by atoms with Crippen molar-refractivity contribution >= 4 is 17.7 Å². The van der Waals surface area contributed by atoms with Crippen molar-refractivity contribution in [3.8, 4) is 0 Å². The topological polar surface area (TPSA) is 38.3 Å². The van der Waals surface area contributed by atoms with E-state index >= 15 is 0 Å². The first-order valence-electron chi connectivity index (χ1n) is 7.13. The molecule has 0 aliphatic heterocycles. The molecule has 0 saturated heterocycles. The van der Waals surface area contributed by atoms with Gasteiger partial charge in [-0.1, -0.05) is 30.3 Å². The van der Waals surface area contributed by atoms with Crippen LogP contribution in [0, 0.1) is 0 Å². The number of hydrogen-bond acceptors (Lipinski definition) is 4. The number of esters is 1. The molecule has 3 atom stereocenters. The fourth-order valence-corrected chi connectivity index (χ4v) is 3.59. The van der Waals surface area contributed by atoms with Crippen LogP contribution in [-0.4, -0.2) is 37.2 Å². The maximum absolute atomic E-state index is 12.0. The van der Waals surface area contributed by atoms with Gasteiger partial charge in [0.15, 0.2) is 0 Å². The average molecular weight is 293 g/mol. The molecular weight excluding hydrogens is 270 g/mol. The molecule has 110 valence electrons. The van der Waals surface area contributed by atoms with Crippen molar-refractivity contribution in [2.45, 2.75) is 36.5 Å². The zero-order valence-corrected chi connectivity index (χ0v) is 13.0. The van der Waals surface area contributed by atoms with Crippen molar-refractivity contribution in [3.63, 3.8) is 0 Å². The second-order valence-corrected chi connectivity index (χ2v) is 6.40. The fourth-order valence-electron chi connectivity index (χ4n) is 2.79. The number of thioether (sulfide) groups is 1. The molecule has 3 unspecified atom stereocenters. The highest BCUT2D eigenvalue weighted by molar-refractivity contribution is 7.99. The Morgan fingerprint density at radius 1 is 1.40 bits per heavy atom. The highest BCUT2D eigenvalue weighted by Crippen LogP contribution is 2.28. The molecule has 1 aliphatic carbocycles. The Hall–Kier alpha value is -1.00. The Bertz CT molecular complexity index is 424. The van der Waals surface area contributed by atoms with E-state index in [1.807, 2.05) is 42.1 Å². The molecule has 1 N–H and O–H groups in total. The summed E-state index contributed by atoms with van der Waals surface area (Å²) in [5.41, 5.74) is 1.02. The lowest BCUT2D eigenvalue weighted by atomic mass is 9.99. The van der Waals surface area contributed by atoms with Gasteiger partial charge in [-0.3, -0.25) is 4.79 Å². The van der Waals surface area contributed by atoms with Gasteiger partial charge < -0.3 is 10.1 Å². The smallest absolute Gasteiger partial charge is 0.314 e. The van der Waals surface area contributed by atoms with Gasteiger partial charge >= 0.3 is 5.97 Å². The number of carbonyl (C=O) groups is 1. The first-order chi connectivity index (χ1) is 9.74. The summed E-state index contributed by atoms with van der Waals surface area (Å²) in [7, 11) is 1.46. The summed E-state index contributed by atoms with van der Waals surface area (Å²) in [6.07, 6.45) is 5.85. The van der Waals surface area contributed by atoms with Crippen molar-refractivity contribution in [1.82, 2.24) is 5.32 Å². The molecule has 1 aromatic rings. The number of rotatable bonds is 6. The number of benzene rings is 1. The molecule has 1 fully saturated rings. The van der Waals surface area contributed by atoms with Gasteiger partial charge in [0.2, 0.25) is 0 Å². The molecule has 0 bridgehead atoms. The normalized spacial score (nSPS) is 23.5. The Kier molecular flexibility index (Phi) is 5.92. The van der Waals surface area contributed by atoms with Crippen molar-refractivity contribution in [2.24, 2.45) is 0 Å². The van der Waals surface area contributed by atoms with E-state index in [4.69, 9.17) is 4.74 Å². The standard InChI is InChI=1S/C16H23NO2S/c1-19-16(18)15(12-6-4-3-5-7-12)11-17-13-8-9-14(10-13)20-2/h3-7,13-15,17H,8-11H2,1-2H3. The molecule has 2 rings (SSSR count). The lowest BCUT2D eigenvalue weighted by molar-refractivity contribution is -0.142. The molecule has 0 heterocycles. The van der Waals surface area contributed by atoms with Crippen LogP contribution in [0.3, 0.4) is 0 Å². The monoisotopic (exact) mass is 293 g/mol. The van der Waals surface area contributed by atoms with Gasteiger partial charge in [0, 0.05) is 17.8 Å². The van der Waals surface area contributed by atoms with Crippen LogP contribution in [0.4, 0.5) is 0 Å². The molecule has 1 aliphatic rings. The summed E-state index contributed by atoms with van der Waals surface area (Å²) in [5, 5.41) is 4.31. The van der Waals surface area contributed by atoms with Crippen molar-refractivity contribution in [3.05, 3.63) is 35.9 Å². The largest absolute Gasteiger partial charge is 0.469 e. The van der Waals surface area contributed by atoms with Crippen LogP contribution in [-0.2, 0) is 9.53 Å². The Labute approximate surface area is 125 Å². The summed E-state index contributed by atoms with van der Waals surface area (Å²) < 4.78 is 4.94. The van der Waals surface area contributed by atoms with Crippen LogP contribution in [0.2, 0.25) is 0 Å². The van der Waals surface area contributed by atoms with Gasteiger partial charge in [0.25, 0.3) is 0 Å². The predicted octanol–water partition coefficient (Wildman–Crippen LogP) is 2.82. The molecule has 0 amide bonds. The lowest BCUT2D eigenvalue weighted by Crippen LogP contribution is -2.34. The van der Waals surface area contributed by atoms with Gasteiger partial charge in [-0.2, -0.15) is 11.8 Å². The average Bonchev–Trinajstić information content (AvgIpc) is 2.96. The van der Waals surface area contributed by atoms with Gasteiger partial charge in [0.05, 0.1) is 13.0 Å². The third-order valence-corrected chi connectivity index (χ3v) is 5.11. The molecule has 4 heteroatoms. The number of nitrogens with one attached hydrogen (secondary N) is 1. The van der Waals surface area contributed by atoms with Crippen LogP contribution < -0.4 is 5.32 Å². The van der Waals surface area contributed by atoms with Crippen LogP contribution in [0.15, 0.2) is 30.3 Å². The van der Waals surface area contributed by atoms with Gasteiger partial charge in [0.1, 0.15) is 0 Å². The van der Waals surface area contributed by atoms with E-state index in [1.54, 1.807) is 0 Å². The zero-order chi connectivity index (χ0) is 14.4. The van der Waals surface area contributed by atoms with Crippen LogP contribution >= 0.6 is 11.8 Å². The first kappa shape index (κ1) is 15.4. The molecule has 0 radical (unpaired) electrons. The highest BCUT2D eigenvalue weighted by atomic mass is 32.2. The van der Waals surface area contributed by atoms with Crippen LogP contribution in [0.5, 0.6) is 0 Å². The minimum atomic E-state index is -0.213. The van der Waals surface area contributed by atoms with E-state index in [9.17, 15) is 4.79 Å². The summed E-state index contributed by atoms with van der Waals surface area (Å²) in [6.45, 7) is 0.655. The van der Waals surface area contributed by atoms with Gasteiger partial charge in [-0.05, 0) is 31.1 Å². The van der Waals surface area contributed by atoms with Crippen molar-refractivity contribution < 1.29 is 9.53 Å². The molecule has 20 heavy (non-hydrogen) atoms. The predicted molar refractivity (Wildman–Crippen MR) is 84.1 cm³/mol. The molecule has 3 nitrogen and oxygen atoms in total. The zero-order valence-electron chi connectivity index (χ0n) is 12.2. The van der Waals surface area contributed by atoms with Crippen LogP contribution in [0.25, 0.3) is 0 Å². The maximum atomic E-state index is 12.0. The Morgan fingerprint density at radius 3 is 2.75 bits per heavy atom. The van der Waals surface area contributed by atoms with Crippen molar-refractivity contribution in [2.75, 3.05) is 19.9 Å². The Morgan fingerprint density at radius 2 is 2.15 bits per heavy atom. The highest BCUT2D eigenvalue weighted by Gasteiger charge is 2.26. The number of carbonyl (C=O) groups excluding carboxylic acids is 1. The quantitative estimate of drug-likeness (QED) is 0.819. The third kappa shape index (κ3) is 4.00. The summed E-state index contributed by atoms with van der Waals surface area (Å²) >= 11 is 1.95. The SMILES string of the molecule is COC(=O)C(CNC1CCC(SC)C1)c1ccccc1. The summed E-state index contributed by atoms with van der Waals surface area (Å²) in [5.74, 6) is -0.377. The van der Waals surface area contributed by atoms with Crippen LogP contribution in [0.1, 0.15) is 30.7 Å². The minimum absolute atomic E-state index is 0.164. The number of hydrogen-bond donors (Lipinski definition) is 1. The third-order valence-electron chi connectivity index (χ3n) is 4.02. The van der Waals surface area contributed by atoms with E-state index < -0.39 is 0 Å². The molecular formula is C16H23NO2S. The second-order valence-electron chi connectivity index (χ2n) is 5.26. The van der Waals surface area contributed by atoms with E-state index in [0.717, 1.165) is 10.8 Å². The minimum Gasteiger partial charge on any atom is -0.469 e. The van der Waals surface area contributed by atoms with E-state index in [-0.39, 0.29) is 11.9 Å². The molecule has 1 aromatic carbocycles. The Balaban J connectivity index is 1.94. The first-order valence-corrected chi connectivity index (χ1v) is 8.42. The molecule has 1 saturated carbocycles. The van der Waals surface area contributed by atoms with E-state index in [0.29, 0.717) is 12.6 Å². The van der Waals surface area contributed by atoms with E-state index in [1.165, 1.54) is 26.4 Å². The van der Waals surface area contributed by atoms with Gasteiger partial charge in [-0.25, -0.2) is 0 Å². The molecule has 0 aromatic heterocycles. The maximum Gasteiger partial charge on any atom is 0.314 e. The summed E-state index contributed by atoms with van der Waals surface area (Å²) in [6, 6.07) is 10.4. The molecule has 0 spiro atoms. The van der Waals surface area contributed by atoms with E-state index in [2.05, 4.69) is 11.6 Å². The second kappa shape index (κ2) is 7.70. The fraction of sp³-hybridized carbons (Fsp3) is 0.562. The summed E-state index contributed by atoms with van der Waals surface area (Å²) in [4.78, 5) is 12.0. The van der Waals surface area contributed by atoms with Crippen molar-refractivity contribution in [1.29, 1.82) is 0 Å². The lowest BCUT2D eigenvalue weighted by Gasteiger charge is -2.19. The number of methoxy groups -OCH3 is 1. The number of ether oxygens (including phenoxy) is 1.